The van der Waals surface area contributed by atoms with Crippen molar-refractivity contribution in [2.75, 3.05) is 33.7 Å². The Morgan fingerprint density at radius 1 is 1.42 bits per heavy atom. The summed E-state index contributed by atoms with van der Waals surface area (Å²) in [6.45, 7) is 5.47. The molecule has 136 valence electrons. The lowest BCUT2D eigenvalue weighted by Crippen LogP contribution is -2.45. The van der Waals surface area contributed by atoms with Crippen LogP contribution in [0.25, 0.3) is 0 Å². The number of benzene rings is 1. The first-order valence-corrected chi connectivity index (χ1v) is 8.15. The Labute approximate surface area is 160 Å². The maximum absolute atomic E-state index is 13.7. The highest BCUT2D eigenvalue weighted by Crippen LogP contribution is 2.17. The molecular formula is C17H27F2IN4. The van der Waals surface area contributed by atoms with Gasteiger partial charge in [-0.2, -0.15) is 0 Å². The van der Waals surface area contributed by atoms with Crippen LogP contribution in [0, 0.1) is 11.6 Å². The molecule has 1 aliphatic heterocycles. The Morgan fingerprint density at radius 2 is 2.17 bits per heavy atom. The molecule has 1 aliphatic rings. The largest absolute Gasteiger partial charge is 0.352 e. The van der Waals surface area contributed by atoms with Crippen LogP contribution in [0.3, 0.4) is 0 Å². The van der Waals surface area contributed by atoms with E-state index in [2.05, 4.69) is 27.0 Å². The summed E-state index contributed by atoms with van der Waals surface area (Å²) in [6, 6.07) is 4.01. The van der Waals surface area contributed by atoms with E-state index in [-0.39, 0.29) is 30.5 Å². The zero-order valence-electron chi connectivity index (χ0n) is 14.6. The molecule has 0 spiro atoms. The molecule has 0 bridgehead atoms. The molecule has 1 fully saturated rings. The van der Waals surface area contributed by atoms with Gasteiger partial charge in [-0.05, 0) is 44.1 Å². The molecule has 0 saturated carbocycles. The molecule has 0 radical (unpaired) electrons. The molecule has 1 heterocycles. The molecule has 7 heteroatoms. The third kappa shape index (κ3) is 5.54. The quantitative estimate of drug-likeness (QED) is 0.424. The van der Waals surface area contributed by atoms with Gasteiger partial charge in [0.1, 0.15) is 11.6 Å². The monoisotopic (exact) mass is 452 g/mol. The van der Waals surface area contributed by atoms with Crippen molar-refractivity contribution < 1.29 is 8.78 Å². The van der Waals surface area contributed by atoms with Crippen molar-refractivity contribution in [3.05, 3.63) is 35.4 Å². The van der Waals surface area contributed by atoms with Crippen LogP contribution in [-0.4, -0.2) is 55.5 Å². The second-order valence-corrected chi connectivity index (χ2v) is 5.94. The standard InChI is InChI=1S/C17H26F2N4.HI/c1-4-23-9-5-6-15(23)12-22(3)17(20-2)21-11-13-10-14(18)7-8-16(13)19;/h7-8,10,15H,4-6,9,11-12H2,1-3H3,(H,20,21);1H. The average Bonchev–Trinajstić information content (AvgIpc) is 2.98. The lowest BCUT2D eigenvalue weighted by atomic mass is 10.2. The lowest BCUT2D eigenvalue weighted by molar-refractivity contribution is 0.232. The zero-order valence-corrected chi connectivity index (χ0v) is 16.9. The van der Waals surface area contributed by atoms with Crippen molar-refractivity contribution in [1.29, 1.82) is 0 Å². The molecule has 1 saturated heterocycles. The fraction of sp³-hybridized carbons (Fsp3) is 0.588. The Kier molecular flexibility index (Phi) is 8.90. The van der Waals surface area contributed by atoms with Crippen molar-refractivity contribution in [2.24, 2.45) is 4.99 Å². The first-order chi connectivity index (χ1) is 11.0. The SMILES string of the molecule is CCN1CCCC1CN(C)C(=NC)NCc1cc(F)ccc1F.I. The fourth-order valence-electron chi connectivity index (χ4n) is 3.16. The number of likely N-dealkylation sites (tertiary alicyclic amines) is 1. The van der Waals surface area contributed by atoms with Crippen molar-refractivity contribution >= 4 is 29.9 Å². The normalized spacial score (nSPS) is 18.4. The van der Waals surface area contributed by atoms with Gasteiger partial charge >= 0.3 is 0 Å². The summed E-state index contributed by atoms with van der Waals surface area (Å²) in [5, 5.41) is 3.11. The third-order valence-corrected chi connectivity index (χ3v) is 4.41. The van der Waals surface area contributed by atoms with Crippen LogP contribution in [0.4, 0.5) is 8.78 Å². The molecule has 2 rings (SSSR count). The van der Waals surface area contributed by atoms with Gasteiger partial charge in [0, 0.05) is 38.8 Å². The Bertz CT molecular complexity index is 553. The van der Waals surface area contributed by atoms with E-state index in [1.54, 1.807) is 7.05 Å². The molecule has 24 heavy (non-hydrogen) atoms. The number of nitrogens with zero attached hydrogens (tertiary/aromatic N) is 3. The number of guanidine groups is 1. The third-order valence-electron chi connectivity index (χ3n) is 4.41. The van der Waals surface area contributed by atoms with Crippen molar-refractivity contribution in [3.63, 3.8) is 0 Å². The van der Waals surface area contributed by atoms with E-state index in [4.69, 9.17) is 0 Å². The summed E-state index contributed by atoms with van der Waals surface area (Å²) in [5.41, 5.74) is 0.301. The Balaban J connectivity index is 0.00000288. The summed E-state index contributed by atoms with van der Waals surface area (Å²) in [6.07, 6.45) is 2.42. The number of nitrogens with one attached hydrogen (secondary N) is 1. The van der Waals surface area contributed by atoms with Gasteiger partial charge in [0.2, 0.25) is 0 Å². The minimum Gasteiger partial charge on any atom is -0.352 e. The van der Waals surface area contributed by atoms with Crippen molar-refractivity contribution in [1.82, 2.24) is 15.1 Å². The first kappa shape index (κ1) is 21.1. The second-order valence-electron chi connectivity index (χ2n) is 5.94. The molecule has 1 aromatic rings. The molecule has 0 aliphatic carbocycles. The summed E-state index contributed by atoms with van der Waals surface area (Å²) in [4.78, 5) is 8.76. The van der Waals surface area contributed by atoms with Gasteiger partial charge in [0.25, 0.3) is 0 Å². The zero-order chi connectivity index (χ0) is 16.8. The molecule has 1 N–H and O–H groups in total. The minimum absolute atomic E-state index is 0. The number of rotatable bonds is 5. The summed E-state index contributed by atoms with van der Waals surface area (Å²) < 4.78 is 26.9. The van der Waals surface area contributed by atoms with Crippen LogP contribution in [-0.2, 0) is 6.54 Å². The van der Waals surface area contributed by atoms with Crippen LogP contribution in [0.15, 0.2) is 23.2 Å². The van der Waals surface area contributed by atoms with Gasteiger partial charge in [-0.25, -0.2) is 8.78 Å². The molecule has 1 unspecified atom stereocenters. The average molecular weight is 452 g/mol. The van der Waals surface area contributed by atoms with Gasteiger partial charge in [-0.1, -0.05) is 6.92 Å². The number of hydrogen-bond acceptors (Lipinski definition) is 2. The first-order valence-electron chi connectivity index (χ1n) is 8.15. The highest BCUT2D eigenvalue weighted by atomic mass is 127. The fourth-order valence-corrected chi connectivity index (χ4v) is 3.16. The van der Waals surface area contributed by atoms with E-state index < -0.39 is 11.6 Å². The van der Waals surface area contributed by atoms with Crippen LogP contribution in [0.5, 0.6) is 0 Å². The van der Waals surface area contributed by atoms with Crippen LogP contribution < -0.4 is 5.32 Å². The van der Waals surface area contributed by atoms with Gasteiger partial charge in [0.15, 0.2) is 5.96 Å². The Hall–Kier alpha value is -0.960. The van der Waals surface area contributed by atoms with Crippen LogP contribution in [0.2, 0.25) is 0 Å². The molecule has 4 nitrogen and oxygen atoms in total. The number of halogens is 3. The Morgan fingerprint density at radius 3 is 2.83 bits per heavy atom. The topological polar surface area (TPSA) is 30.9 Å². The highest BCUT2D eigenvalue weighted by Gasteiger charge is 2.24. The molecule has 1 atom stereocenters. The van der Waals surface area contributed by atoms with E-state index in [1.807, 2.05) is 7.05 Å². The molecule has 0 amide bonds. The predicted octanol–water partition coefficient (Wildman–Crippen LogP) is 3.07. The van der Waals surface area contributed by atoms with Crippen molar-refractivity contribution in [3.8, 4) is 0 Å². The van der Waals surface area contributed by atoms with Crippen LogP contribution in [0.1, 0.15) is 25.3 Å². The maximum Gasteiger partial charge on any atom is 0.193 e. The van der Waals surface area contributed by atoms with Crippen LogP contribution >= 0.6 is 24.0 Å². The number of aliphatic imine (C=N–C) groups is 1. The van der Waals surface area contributed by atoms with Gasteiger partial charge in [-0.15, -0.1) is 24.0 Å². The van der Waals surface area contributed by atoms with E-state index in [0.29, 0.717) is 17.6 Å². The number of hydrogen-bond donors (Lipinski definition) is 1. The van der Waals surface area contributed by atoms with Gasteiger partial charge in [0.05, 0.1) is 0 Å². The highest BCUT2D eigenvalue weighted by molar-refractivity contribution is 14.0. The van der Waals surface area contributed by atoms with E-state index in [0.717, 1.165) is 31.8 Å². The number of likely N-dealkylation sites (N-methyl/N-ethyl adjacent to an activating group) is 2. The van der Waals surface area contributed by atoms with E-state index >= 15 is 0 Å². The minimum atomic E-state index is -0.434. The lowest BCUT2D eigenvalue weighted by Gasteiger charge is -2.29. The smallest absolute Gasteiger partial charge is 0.193 e. The van der Waals surface area contributed by atoms with Gasteiger partial charge in [-0.3, -0.25) is 9.89 Å². The summed E-state index contributed by atoms with van der Waals surface area (Å²) in [7, 11) is 3.68. The van der Waals surface area contributed by atoms with E-state index in [1.165, 1.54) is 18.9 Å². The predicted molar refractivity (Wildman–Crippen MR) is 105 cm³/mol. The second kappa shape index (κ2) is 10.1. The molecular weight excluding hydrogens is 425 g/mol. The summed E-state index contributed by atoms with van der Waals surface area (Å²) in [5.74, 6) is -0.155. The molecule has 0 aromatic heterocycles. The van der Waals surface area contributed by atoms with Gasteiger partial charge < -0.3 is 10.2 Å². The maximum atomic E-state index is 13.7. The van der Waals surface area contributed by atoms with Crippen molar-refractivity contribution in [2.45, 2.75) is 32.4 Å². The summed E-state index contributed by atoms with van der Waals surface area (Å²) >= 11 is 0. The van der Waals surface area contributed by atoms with E-state index in [9.17, 15) is 8.78 Å². The molecule has 1 aromatic carbocycles.